The number of halogens is 3. The number of aliphatic carboxylic acids is 1. The molecule has 0 saturated carbocycles. The number of nitrogens with one attached hydrogen (secondary N) is 3. The fraction of sp³-hybridized carbons (Fsp3) is 0.700. The van der Waals surface area contributed by atoms with Gasteiger partial charge in [0.2, 0.25) is 11.8 Å². The standard InChI is InChI=1S/C20H29F3N4O5/c21-20(22,23)19(32)25-11-15(10-17(29)30)26-18(31)14-2-1-9-27(12-14)16(28)4-3-13-5-7-24-8-6-13/h3-4,13-15,24H,1-2,5-12H2,(H,25,32)(H,26,31)(H,29,30)/b4-3+/t14-,15+/m1/s1. The van der Waals surface area contributed by atoms with Crippen molar-refractivity contribution in [2.75, 3.05) is 32.7 Å². The predicted octanol–water partition coefficient (Wildman–Crippen LogP) is 0.419. The normalized spacial score (nSPS) is 21.2. The van der Waals surface area contributed by atoms with Gasteiger partial charge in [0.05, 0.1) is 18.4 Å². The average molecular weight is 462 g/mol. The highest BCUT2D eigenvalue weighted by molar-refractivity contribution is 5.88. The lowest BCUT2D eigenvalue weighted by atomic mass is 9.95. The molecule has 2 rings (SSSR count). The van der Waals surface area contributed by atoms with Crippen LogP contribution < -0.4 is 16.0 Å². The fourth-order valence-electron chi connectivity index (χ4n) is 3.77. The molecule has 0 aromatic heterocycles. The van der Waals surface area contributed by atoms with Gasteiger partial charge < -0.3 is 26.0 Å². The number of carboxylic acid groups (broad SMARTS) is 1. The third-order valence-corrected chi connectivity index (χ3v) is 5.53. The summed E-state index contributed by atoms with van der Waals surface area (Å²) in [4.78, 5) is 48.6. The summed E-state index contributed by atoms with van der Waals surface area (Å²) >= 11 is 0. The first kappa shape index (κ1) is 25.6. The van der Waals surface area contributed by atoms with Crippen LogP contribution in [0, 0.1) is 11.8 Å². The van der Waals surface area contributed by atoms with E-state index in [1.807, 2.05) is 6.08 Å². The molecule has 3 amide bonds. The molecule has 0 unspecified atom stereocenters. The predicted molar refractivity (Wildman–Crippen MR) is 107 cm³/mol. The second-order valence-corrected chi connectivity index (χ2v) is 8.08. The molecule has 2 fully saturated rings. The fourth-order valence-corrected chi connectivity index (χ4v) is 3.77. The number of rotatable bonds is 8. The van der Waals surface area contributed by atoms with Gasteiger partial charge in [-0.3, -0.25) is 19.2 Å². The minimum atomic E-state index is -5.11. The summed E-state index contributed by atoms with van der Waals surface area (Å²) in [5.41, 5.74) is 0. The van der Waals surface area contributed by atoms with Crippen molar-refractivity contribution in [1.82, 2.24) is 20.9 Å². The molecule has 12 heteroatoms. The molecule has 4 N–H and O–H groups in total. The van der Waals surface area contributed by atoms with Gasteiger partial charge in [-0.05, 0) is 50.8 Å². The Balaban J connectivity index is 1.90. The molecular formula is C20H29F3N4O5. The highest BCUT2D eigenvalue weighted by Crippen LogP contribution is 2.19. The molecule has 0 bridgehead atoms. The largest absolute Gasteiger partial charge is 0.481 e. The monoisotopic (exact) mass is 462 g/mol. The summed E-state index contributed by atoms with van der Waals surface area (Å²) in [6, 6.07) is -1.21. The first-order valence-electron chi connectivity index (χ1n) is 10.6. The van der Waals surface area contributed by atoms with Crippen molar-refractivity contribution >= 4 is 23.7 Å². The molecule has 2 saturated heterocycles. The van der Waals surface area contributed by atoms with Crippen LogP contribution in [0.1, 0.15) is 32.1 Å². The molecule has 180 valence electrons. The Labute approximate surface area is 183 Å². The summed E-state index contributed by atoms with van der Waals surface area (Å²) in [5, 5.41) is 16.2. The molecule has 0 aromatic carbocycles. The number of hydrogen-bond donors (Lipinski definition) is 4. The third kappa shape index (κ3) is 8.48. The summed E-state index contributed by atoms with van der Waals surface area (Å²) in [6.45, 7) is 1.74. The highest BCUT2D eigenvalue weighted by atomic mass is 19.4. The van der Waals surface area contributed by atoms with Gasteiger partial charge in [-0.25, -0.2) is 0 Å². The van der Waals surface area contributed by atoms with Gasteiger partial charge >= 0.3 is 18.1 Å². The van der Waals surface area contributed by atoms with Crippen molar-refractivity contribution in [3.63, 3.8) is 0 Å². The molecule has 0 spiro atoms. The quantitative estimate of drug-likeness (QED) is 0.387. The van der Waals surface area contributed by atoms with Crippen molar-refractivity contribution in [2.45, 2.75) is 44.3 Å². The molecule has 2 aliphatic rings. The maximum atomic E-state index is 12.6. The van der Waals surface area contributed by atoms with Gasteiger partial charge in [0.15, 0.2) is 0 Å². The maximum absolute atomic E-state index is 12.6. The van der Waals surface area contributed by atoms with Crippen molar-refractivity contribution in [2.24, 2.45) is 11.8 Å². The zero-order valence-electron chi connectivity index (χ0n) is 17.6. The zero-order valence-corrected chi connectivity index (χ0v) is 17.6. The van der Waals surface area contributed by atoms with E-state index in [1.165, 1.54) is 6.08 Å². The van der Waals surface area contributed by atoms with Crippen LogP contribution >= 0.6 is 0 Å². The van der Waals surface area contributed by atoms with Crippen LogP contribution in [0.4, 0.5) is 13.2 Å². The van der Waals surface area contributed by atoms with Gasteiger partial charge in [0.25, 0.3) is 0 Å². The van der Waals surface area contributed by atoms with Crippen LogP contribution in [0.2, 0.25) is 0 Å². The van der Waals surface area contributed by atoms with Crippen molar-refractivity contribution in [3.8, 4) is 0 Å². The van der Waals surface area contributed by atoms with Gasteiger partial charge in [0, 0.05) is 19.6 Å². The van der Waals surface area contributed by atoms with Crippen molar-refractivity contribution in [1.29, 1.82) is 0 Å². The highest BCUT2D eigenvalue weighted by Gasteiger charge is 2.39. The minimum Gasteiger partial charge on any atom is -0.481 e. The number of carbonyl (C=O) groups excluding carboxylic acids is 3. The first-order chi connectivity index (χ1) is 15.1. The number of alkyl halides is 3. The van der Waals surface area contributed by atoms with E-state index in [4.69, 9.17) is 5.11 Å². The molecular weight excluding hydrogens is 433 g/mol. The van der Waals surface area contributed by atoms with E-state index in [9.17, 15) is 32.3 Å². The van der Waals surface area contributed by atoms with Gasteiger partial charge in [-0.2, -0.15) is 13.2 Å². The molecule has 0 radical (unpaired) electrons. The number of piperidine rings is 2. The van der Waals surface area contributed by atoms with E-state index in [0.717, 1.165) is 25.9 Å². The molecule has 2 aliphatic heterocycles. The molecule has 2 heterocycles. The smallest absolute Gasteiger partial charge is 0.471 e. The minimum absolute atomic E-state index is 0.135. The molecule has 0 aliphatic carbocycles. The van der Waals surface area contributed by atoms with Crippen LogP contribution in [-0.2, 0) is 19.2 Å². The van der Waals surface area contributed by atoms with Crippen LogP contribution in [0.5, 0.6) is 0 Å². The Bertz CT molecular complexity index is 723. The second kappa shape index (κ2) is 11.8. The van der Waals surface area contributed by atoms with E-state index in [0.29, 0.717) is 25.3 Å². The van der Waals surface area contributed by atoms with Gasteiger partial charge in [0.1, 0.15) is 0 Å². The Morgan fingerprint density at radius 2 is 1.84 bits per heavy atom. The number of carbonyl (C=O) groups is 4. The third-order valence-electron chi connectivity index (χ3n) is 5.53. The molecule has 0 aromatic rings. The van der Waals surface area contributed by atoms with E-state index >= 15 is 0 Å². The number of amides is 3. The van der Waals surface area contributed by atoms with Crippen LogP contribution in [-0.4, -0.2) is 78.6 Å². The lowest BCUT2D eigenvalue weighted by molar-refractivity contribution is -0.173. The number of nitrogens with zero attached hydrogens (tertiary/aromatic N) is 1. The van der Waals surface area contributed by atoms with Crippen molar-refractivity contribution in [3.05, 3.63) is 12.2 Å². The molecule has 9 nitrogen and oxygen atoms in total. The number of carboxylic acids is 1. The lowest BCUT2D eigenvalue weighted by Gasteiger charge is -2.32. The average Bonchev–Trinajstić information content (AvgIpc) is 2.75. The Hall–Kier alpha value is -2.63. The maximum Gasteiger partial charge on any atom is 0.471 e. The van der Waals surface area contributed by atoms with Crippen LogP contribution in [0.3, 0.4) is 0 Å². The van der Waals surface area contributed by atoms with E-state index in [1.54, 1.807) is 10.2 Å². The van der Waals surface area contributed by atoms with E-state index in [2.05, 4.69) is 10.6 Å². The summed E-state index contributed by atoms with van der Waals surface area (Å²) < 4.78 is 37.1. The van der Waals surface area contributed by atoms with Gasteiger partial charge in [-0.15, -0.1) is 0 Å². The number of hydrogen-bond acceptors (Lipinski definition) is 5. The lowest BCUT2D eigenvalue weighted by Crippen LogP contribution is -2.51. The summed E-state index contributed by atoms with van der Waals surface area (Å²) in [7, 11) is 0. The Morgan fingerprint density at radius 1 is 1.16 bits per heavy atom. The number of likely N-dealkylation sites (tertiary alicyclic amines) is 1. The van der Waals surface area contributed by atoms with E-state index in [-0.39, 0.29) is 12.5 Å². The van der Waals surface area contributed by atoms with Crippen molar-refractivity contribution < 1.29 is 37.5 Å². The first-order valence-corrected chi connectivity index (χ1v) is 10.6. The SMILES string of the molecule is O=C(O)C[C@@H](CNC(=O)C(F)(F)F)NC(=O)[C@@H]1CCCN(C(=O)/C=C/C2CCNCC2)C1. The second-order valence-electron chi connectivity index (χ2n) is 8.08. The van der Waals surface area contributed by atoms with Crippen LogP contribution in [0.15, 0.2) is 12.2 Å². The Kier molecular flexibility index (Phi) is 9.48. The zero-order chi connectivity index (χ0) is 23.7. The molecule has 32 heavy (non-hydrogen) atoms. The topological polar surface area (TPSA) is 128 Å². The molecule has 2 atom stereocenters. The van der Waals surface area contributed by atoms with E-state index < -0.39 is 48.9 Å². The summed E-state index contributed by atoms with van der Waals surface area (Å²) in [6.07, 6.45) is 0.578. The summed E-state index contributed by atoms with van der Waals surface area (Å²) in [5.74, 6) is -4.60. The van der Waals surface area contributed by atoms with Crippen LogP contribution in [0.25, 0.3) is 0 Å². The number of allylic oxidation sites excluding steroid dienone is 1. The van der Waals surface area contributed by atoms with Gasteiger partial charge in [-0.1, -0.05) is 6.08 Å². The Morgan fingerprint density at radius 3 is 2.47 bits per heavy atom.